The first kappa shape index (κ1) is 13.0. The van der Waals surface area contributed by atoms with Gasteiger partial charge in [0.1, 0.15) is 5.75 Å². The van der Waals surface area contributed by atoms with Crippen LogP contribution in [0.15, 0.2) is 28.7 Å². The zero-order valence-corrected chi connectivity index (χ0v) is 10.4. The fourth-order valence-electron chi connectivity index (χ4n) is 1.10. The van der Waals surface area contributed by atoms with Crippen molar-refractivity contribution in [3.8, 4) is 5.75 Å². The summed E-state index contributed by atoms with van der Waals surface area (Å²) < 4.78 is 6.32. The summed E-state index contributed by atoms with van der Waals surface area (Å²) in [4.78, 5) is 11.1. The van der Waals surface area contributed by atoms with E-state index in [-0.39, 0.29) is 25.5 Å². The number of nitrogens with one attached hydrogen (secondary N) is 1. The molecule has 0 aliphatic carbocycles. The van der Waals surface area contributed by atoms with Gasteiger partial charge < -0.3 is 15.2 Å². The molecule has 4 nitrogen and oxygen atoms in total. The van der Waals surface area contributed by atoms with Gasteiger partial charge in [-0.25, -0.2) is 0 Å². The molecule has 0 aromatic heterocycles. The number of benzene rings is 1. The summed E-state index contributed by atoms with van der Waals surface area (Å²) in [7, 11) is 0. The average molecular weight is 288 g/mol. The first-order valence-corrected chi connectivity index (χ1v) is 5.77. The van der Waals surface area contributed by atoms with Crippen LogP contribution in [-0.4, -0.2) is 30.8 Å². The summed E-state index contributed by atoms with van der Waals surface area (Å²) in [5.74, 6) is 0.605. The SMILES string of the molecule is O=C(CCOc1cccc(Br)c1)NCCO. The Morgan fingerprint density at radius 1 is 1.50 bits per heavy atom. The van der Waals surface area contributed by atoms with Gasteiger partial charge in [0.15, 0.2) is 0 Å². The van der Waals surface area contributed by atoms with Gasteiger partial charge in [0.2, 0.25) is 5.91 Å². The molecule has 0 unspecified atom stereocenters. The number of ether oxygens (including phenoxy) is 1. The number of aliphatic hydroxyl groups excluding tert-OH is 1. The van der Waals surface area contributed by atoms with Crippen molar-refractivity contribution in [2.75, 3.05) is 19.8 Å². The maximum atomic E-state index is 11.1. The molecule has 5 heteroatoms. The van der Waals surface area contributed by atoms with Crippen LogP contribution in [0.3, 0.4) is 0 Å². The number of carbonyl (C=O) groups excluding carboxylic acids is 1. The van der Waals surface area contributed by atoms with Gasteiger partial charge in [0, 0.05) is 11.0 Å². The van der Waals surface area contributed by atoms with Crippen LogP contribution < -0.4 is 10.1 Å². The lowest BCUT2D eigenvalue weighted by Crippen LogP contribution is -2.27. The van der Waals surface area contributed by atoms with E-state index in [0.29, 0.717) is 6.61 Å². The number of amides is 1. The number of halogens is 1. The molecule has 0 spiro atoms. The topological polar surface area (TPSA) is 58.6 Å². The Labute approximate surface area is 103 Å². The molecule has 1 aromatic rings. The molecule has 16 heavy (non-hydrogen) atoms. The van der Waals surface area contributed by atoms with Crippen LogP contribution in [0.5, 0.6) is 5.75 Å². The number of hydrogen-bond acceptors (Lipinski definition) is 3. The monoisotopic (exact) mass is 287 g/mol. The number of aliphatic hydroxyl groups is 1. The smallest absolute Gasteiger partial charge is 0.223 e. The highest BCUT2D eigenvalue weighted by atomic mass is 79.9. The van der Waals surface area contributed by atoms with Crippen LogP contribution in [0.25, 0.3) is 0 Å². The standard InChI is InChI=1S/C11H14BrNO3/c12-9-2-1-3-10(8-9)16-7-4-11(15)13-5-6-14/h1-3,8,14H,4-7H2,(H,13,15). The Hall–Kier alpha value is -1.07. The number of hydrogen-bond donors (Lipinski definition) is 2. The molecule has 0 radical (unpaired) electrons. The van der Waals surface area contributed by atoms with Gasteiger partial charge in [-0.2, -0.15) is 0 Å². The van der Waals surface area contributed by atoms with Gasteiger partial charge in [0.25, 0.3) is 0 Å². The molecule has 88 valence electrons. The van der Waals surface area contributed by atoms with Crippen LogP contribution in [0.4, 0.5) is 0 Å². The molecule has 1 rings (SSSR count). The van der Waals surface area contributed by atoms with Gasteiger partial charge in [0.05, 0.1) is 19.6 Å². The molecular weight excluding hydrogens is 274 g/mol. The van der Waals surface area contributed by atoms with Crippen LogP contribution in [-0.2, 0) is 4.79 Å². The number of rotatable bonds is 6. The lowest BCUT2D eigenvalue weighted by atomic mass is 10.3. The Bertz CT molecular complexity index is 344. The molecule has 0 saturated heterocycles. The van der Waals surface area contributed by atoms with Crippen LogP contribution in [0, 0.1) is 0 Å². The minimum atomic E-state index is -0.121. The van der Waals surface area contributed by atoms with Gasteiger partial charge in [-0.1, -0.05) is 22.0 Å². The maximum Gasteiger partial charge on any atom is 0.223 e. The highest BCUT2D eigenvalue weighted by Gasteiger charge is 2.01. The summed E-state index contributed by atoms with van der Waals surface area (Å²) in [5, 5.41) is 11.0. The normalized spacial score (nSPS) is 9.88. The third kappa shape index (κ3) is 5.14. The van der Waals surface area contributed by atoms with E-state index in [9.17, 15) is 4.79 Å². The third-order valence-corrected chi connectivity index (χ3v) is 2.32. The molecular formula is C11H14BrNO3. The summed E-state index contributed by atoms with van der Waals surface area (Å²) in [6.45, 7) is 0.571. The third-order valence-electron chi connectivity index (χ3n) is 1.83. The van der Waals surface area contributed by atoms with Crippen molar-refractivity contribution in [2.45, 2.75) is 6.42 Å². The maximum absolute atomic E-state index is 11.1. The molecule has 0 aliphatic rings. The van der Waals surface area contributed by atoms with E-state index in [1.165, 1.54) is 0 Å². The zero-order valence-electron chi connectivity index (χ0n) is 8.78. The van der Waals surface area contributed by atoms with Crippen molar-refractivity contribution in [1.82, 2.24) is 5.32 Å². The average Bonchev–Trinajstić information content (AvgIpc) is 2.26. The molecule has 0 heterocycles. The molecule has 2 N–H and O–H groups in total. The van der Waals surface area contributed by atoms with Gasteiger partial charge in [-0.15, -0.1) is 0 Å². The summed E-state index contributed by atoms with van der Waals surface area (Å²) in [6.07, 6.45) is 0.284. The largest absolute Gasteiger partial charge is 0.493 e. The molecule has 0 atom stereocenters. The van der Waals surface area contributed by atoms with Crippen molar-refractivity contribution < 1.29 is 14.6 Å². The highest BCUT2D eigenvalue weighted by molar-refractivity contribution is 9.10. The van der Waals surface area contributed by atoms with Gasteiger partial charge in [-0.05, 0) is 18.2 Å². The lowest BCUT2D eigenvalue weighted by Gasteiger charge is -2.06. The molecule has 0 saturated carbocycles. The molecule has 0 bridgehead atoms. The second kappa shape index (κ2) is 7.24. The Kier molecular flexibility index (Phi) is 5.88. The zero-order chi connectivity index (χ0) is 11.8. The Balaban J connectivity index is 2.22. The molecule has 1 aromatic carbocycles. The minimum Gasteiger partial charge on any atom is -0.493 e. The van der Waals surface area contributed by atoms with E-state index in [1.807, 2.05) is 24.3 Å². The van der Waals surface area contributed by atoms with Crippen molar-refractivity contribution in [3.63, 3.8) is 0 Å². The first-order valence-electron chi connectivity index (χ1n) is 4.98. The summed E-state index contributed by atoms with van der Waals surface area (Å²) >= 11 is 3.33. The second-order valence-corrected chi connectivity index (χ2v) is 4.05. The molecule has 1 amide bonds. The van der Waals surface area contributed by atoms with E-state index in [1.54, 1.807) is 0 Å². The molecule has 0 aliphatic heterocycles. The van der Waals surface area contributed by atoms with Crippen molar-refractivity contribution >= 4 is 21.8 Å². The molecule has 0 fully saturated rings. The van der Waals surface area contributed by atoms with Crippen molar-refractivity contribution in [3.05, 3.63) is 28.7 Å². The van der Waals surface area contributed by atoms with Crippen molar-refractivity contribution in [2.24, 2.45) is 0 Å². The summed E-state index contributed by atoms with van der Waals surface area (Å²) in [5.41, 5.74) is 0. The lowest BCUT2D eigenvalue weighted by molar-refractivity contribution is -0.121. The summed E-state index contributed by atoms with van der Waals surface area (Å²) in [6, 6.07) is 7.44. The van der Waals surface area contributed by atoms with Crippen LogP contribution >= 0.6 is 15.9 Å². The highest BCUT2D eigenvalue weighted by Crippen LogP contribution is 2.17. The fraction of sp³-hybridized carbons (Fsp3) is 0.364. The van der Waals surface area contributed by atoms with Crippen LogP contribution in [0.1, 0.15) is 6.42 Å². The second-order valence-electron chi connectivity index (χ2n) is 3.13. The van der Waals surface area contributed by atoms with Gasteiger partial charge >= 0.3 is 0 Å². The predicted octanol–water partition coefficient (Wildman–Crippen LogP) is 1.33. The quantitative estimate of drug-likeness (QED) is 0.830. The van der Waals surface area contributed by atoms with E-state index < -0.39 is 0 Å². The van der Waals surface area contributed by atoms with Crippen molar-refractivity contribution in [1.29, 1.82) is 0 Å². The van der Waals surface area contributed by atoms with E-state index in [0.717, 1.165) is 10.2 Å². The van der Waals surface area contributed by atoms with E-state index in [4.69, 9.17) is 9.84 Å². The minimum absolute atomic E-state index is 0.0434. The van der Waals surface area contributed by atoms with Crippen LogP contribution in [0.2, 0.25) is 0 Å². The predicted molar refractivity (Wildman–Crippen MR) is 64.3 cm³/mol. The number of carbonyl (C=O) groups is 1. The van der Waals surface area contributed by atoms with Gasteiger partial charge in [-0.3, -0.25) is 4.79 Å². The fourth-order valence-corrected chi connectivity index (χ4v) is 1.48. The van der Waals surface area contributed by atoms with E-state index >= 15 is 0 Å². The Morgan fingerprint density at radius 3 is 3.00 bits per heavy atom. The van der Waals surface area contributed by atoms with E-state index in [2.05, 4.69) is 21.2 Å². The Morgan fingerprint density at radius 2 is 2.31 bits per heavy atom. The first-order chi connectivity index (χ1) is 7.72.